The van der Waals surface area contributed by atoms with Crippen LogP contribution in [0.5, 0.6) is 11.5 Å². The largest absolute Gasteiger partial charge is 0.494 e. The Morgan fingerprint density at radius 2 is 1.14 bits per heavy atom. The molecular formula is C26H44O2. The van der Waals surface area contributed by atoms with Crippen molar-refractivity contribution in [3.63, 3.8) is 0 Å². The van der Waals surface area contributed by atoms with Gasteiger partial charge in [0.05, 0.1) is 13.2 Å². The Morgan fingerprint density at radius 1 is 0.643 bits per heavy atom. The van der Waals surface area contributed by atoms with Gasteiger partial charge in [0.1, 0.15) is 11.5 Å². The van der Waals surface area contributed by atoms with E-state index in [2.05, 4.69) is 13.8 Å². The molecule has 0 aromatic heterocycles. The average Bonchev–Trinajstić information content (AvgIpc) is 2.73. The van der Waals surface area contributed by atoms with Crippen LogP contribution in [0.1, 0.15) is 104 Å². The smallest absolute Gasteiger partial charge is 0.119 e. The van der Waals surface area contributed by atoms with Crippen LogP contribution in [0, 0.1) is 11.8 Å². The molecule has 1 aliphatic rings. The third kappa shape index (κ3) is 9.34. The van der Waals surface area contributed by atoms with Crippen molar-refractivity contribution in [2.24, 2.45) is 11.8 Å². The van der Waals surface area contributed by atoms with Gasteiger partial charge in [-0.15, -0.1) is 0 Å². The lowest BCUT2D eigenvalue weighted by molar-refractivity contribution is 0.190. The zero-order valence-electron chi connectivity index (χ0n) is 18.6. The first-order chi connectivity index (χ1) is 13.8. The molecule has 1 saturated carbocycles. The van der Waals surface area contributed by atoms with Crippen LogP contribution >= 0.6 is 0 Å². The normalized spacial score (nSPS) is 19.5. The van der Waals surface area contributed by atoms with Gasteiger partial charge in [0.15, 0.2) is 0 Å². The highest BCUT2D eigenvalue weighted by molar-refractivity contribution is 5.31. The first-order valence-corrected chi connectivity index (χ1v) is 12.2. The molecule has 2 heteroatoms. The molecule has 160 valence electrons. The highest BCUT2D eigenvalue weighted by Crippen LogP contribution is 2.36. The van der Waals surface area contributed by atoms with Gasteiger partial charge in [-0.2, -0.15) is 0 Å². The molecular weight excluding hydrogens is 344 g/mol. The molecule has 0 radical (unpaired) electrons. The summed E-state index contributed by atoms with van der Waals surface area (Å²) in [6.45, 7) is 6.13. The molecule has 0 amide bonds. The fraction of sp³-hybridized carbons (Fsp3) is 0.769. The van der Waals surface area contributed by atoms with E-state index in [0.29, 0.717) is 0 Å². The molecule has 2 unspecified atom stereocenters. The summed E-state index contributed by atoms with van der Waals surface area (Å²) in [6.07, 6.45) is 19.2. The summed E-state index contributed by atoms with van der Waals surface area (Å²) in [5.74, 6) is 3.84. The van der Waals surface area contributed by atoms with Gasteiger partial charge in [-0.1, -0.05) is 84.5 Å². The number of ether oxygens (including phenoxy) is 2. The van der Waals surface area contributed by atoms with E-state index in [1.54, 1.807) is 0 Å². The third-order valence-electron chi connectivity index (χ3n) is 6.32. The molecule has 1 aromatic rings. The molecule has 0 aliphatic heterocycles. The molecule has 1 fully saturated rings. The second-order valence-electron chi connectivity index (χ2n) is 8.67. The summed E-state index contributed by atoms with van der Waals surface area (Å²) < 4.78 is 11.7. The lowest BCUT2D eigenvalue weighted by atomic mass is 9.74. The topological polar surface area (TPSA) is 18.5 Å². The maximum absolute atomic E-state index is 5.98. The Kier molecular flexibility index (Phi) is 12.2. The van der Waals surface area contributed by atoms with Gasteiger partial charge in [0.2, 0.25) is 0 Å². The van der Waals surface area contributed by atoms with Crippen LogP contribution < -0.4 is 9.47 Å². The van der Waals surface area contributed by atoms with E-state index in [4.69, 9.17) is 9.47 Å². The number of unbranched alkanes of at least 4 members (excludes halogenated alkanes) is 5. The quantitative estimate of drug-likeness (QED) is 0.282. The van der Waals surface area contributed by atoms with Crippen molar-refractivity contribution in [2.45, 2.75) is 104 Å². The molecule has 0 N–H and O–H groups in total. The standard InChI is InChI=1S/C26H44O2/c1-3-5-7-8-9-13-23-14-10-11-15-24(23)16-12-22-28-26-19-17-25(18-20-26)27-21-6-4-2/h17-20,23-24H,3-16,21-22H2,1-2H3. The van der Waals surface area contributed by atoms with Crippen molar-refractivity contribution >= 4 is 0 Å². The summed E-state index contributed by atoms with van der Waals surface area (Å²) >= 11 is 0. The fourth-order valence-electron chi connectivity index (χ4n) is 4.56. The van der Waals surface area contributed by atoms with E-state index in [1.807, 2.05) is 24.3 Å². The summed E-state index contributed by atoms with van der Waals surface area (Å²) in [6, 6.07) is 8.14. The predicted molar refractivity (Wildman–Crippen MR) is 120 cm³/mol. The Labute approximate surface area is 174 Å². The van der Waals surface area contributed by atoms with Gasteiger partial charge in [-0.25, -0.2) is 0 Å². The van der Waals surface area contributed by atoms with Crippen molar-refractivity contribution in [2.75, 3.05) is 13.2 Å². The zero-order valence-corrected chi connectivity index (χ0v) is 18.6. The molecule has 0 heterocycles. The van der Waals surface area contributed by atoms with E-state index in [1.165, 1.54) is 83.5 Å². The second kappa shape index (κ2) is 14.8. The maximum Gasteiger partial charge on any atom is 0.119 e. The zero-order chi connectivity index (χ0) is 19.9. The molecule has 2 nitrogen and oxygen atoms in total. The van der Waals surface area contributed by atoms with Crippen LogP contribution in [0.25, 0.3) is 0 Å². The van der Waals surface area contributed by atoms with Gasteiger partial charge in [-0.3, -0.25) is 0 Å². The predicted octanol–water partition coefficient (Wildman–Crippen LogP) is 8.19. The van der Waals surface area contributed by atoms with Crippen molar-refractivity contribution in [3.8, 4) is 11.5 Å². The summed E-state index contributed by atoms with van der Waals surface area (Å²) in [5, 5.41) is 0. The lowest BCUT2D eigenvalue weighted by Gasteiger charge is -2.31. The van der Waals surface area contributed by atoms with Gasteiger partial charge < -0.3 is 9.47 Å². The van der Waals surface area contributed by atoms with Crippen LogP contribution in [0.3, 0.4) is 0 Å². The van der Waals surface area contributed by atoms with Crippen LogP contribution in [-0.4, -0.2) is 13.2 Å². The van der Waals surface area contributed by atoms with Gasteiger partial charge in [0, 0.05) is 0 Å². The van der Waals surface area contributed by atoms with E-state index in [-0.39, 0.29) is 0 Å². The highest BCUT2D eigenvalue weighted by Gasteiger charge is 2.24. The Morgan fingerprint density at radius 3 is 1.71 bits per heavy atom. The fourth-order valence-corrected chi connectivity index (χ4v) is 4.56. The SMILES string of the molecule is CCCCCCCC1CCCCC1CCCOc1ccc(OCCCC)cc1. The Balaban J connectivity index is 1.61. The van der Waals surface area contributed by atoms with E-state index >= 15 is 0 Å². The molecule has 28 heavy (non-hydrogen) atoms. The Bertz CT molecular complexity index is 482. The van der Waals surface area contributed by atoms with Gasteiger partial charge in [-0.05, 0) is 55.4 Å². The number of benzene rings is 1. The van der Waals surface area contributed by atoms with E-state index < -0.39 is 0 Å². The molecule has 2 rings (SSSR count). The molecule has 0 bridgehead atoms. The third-order valence-corrected chi connectivity index (χ3v) is 6.32. The highest BCUT2D eigenvalue weighted by atomic mass is 16.5. The minimum atomic E-state index is 0.803. The average molecular weight is 389 g/mol. The summed E-state index contributed by atoms with van der Waals surface area (Å²) in [5.41, 5.74) is 0. The molecule has 0 saturated heterocycles. The molecule has 2 atom stereocenters. The van der Waals surface area contributed by atoms with Gasteiger partial charge >= 0.3 is 0 Å². The van der Waals surface area contributed by atoms with Crippen LogP contribution in [0.4, 0.5) is 0 Å². The first kappa shape index (κ1) is 23.1. The summed E-state index contributed by atoms with van der Waals surface area (Å²) in [7, 11) is 0. The van der Waals surface area contributed by atoms with Crippen LogP contribution in [-0.2, 0) is 0 Å². The maximum atomic E-state index is 5.98. The number of hydrogen-bond acceptors (Lipinski definition) is 2. The van der Waals surface area contributed by atoms with Crippen molar-refractivity contribution < 1.29 is 9.47 Å². The van der Waals surface area contributed by atoms with Crippen molar-refractivity contribution in [1.29, 1.82) is 0 Å². The van der Waals surface area contributed by atoms with E-state index in [0.717, 1.165) is 43.0 Å². The van der Waals surface area contributed by atoms with Crippen LogP contribution in [0.15, 0.2) is 24.3 Å². The van der Waals surface area contributed by atoms with Crippen molar-refractivity contribution in [1.82, 2.24) is 0 Å². The Hall–Kier alpha value is -1.18. The molecule has 1 aromatic carbocycles. The molecule has 0 spiro atoms. The minimum Gasteiger partial charge on any atom is -0.494 e. The minimum absolute atomic E-state index is 0.803. The van der Waals surface area contributed by atoms with E-state index in [9.17, 15) is 0 Å². The monoisotopic (exact) mass is 388 g/mol. The van der Waals surface area contributed by atoms with Crippen molar-refractivity contribution in [3.05, 3.63) is 24.3 Å². The number of rotatable bonds is 15. The van der Waals surface area contributed by atoms with Crippen LogP contribution in [0.2, 0.25) is 0 Å². The molecule has 1 aliphatic carbocycles. The second-order valence-corrected chi connectivity index (χ2v) is 8.67. The summed E-state index contributed by atoms with van der Waals surface area (Å²) in [4.78, 5) is 0. The first-order valence-electron chi connectivity index (χ1n) is 12.2. The lowest BCUT2D eigenvalue weighted by Crippen LogP contribution is -2.20. The number of hydrogen-bond donors (Lipinski definition) is 0. The van der Waals surface area contributed by atoms with Gasteiger partial charge in [0.25, 0.3) is 0 Å².